The lowest BCUT2D eigenvalue weighted by molar-refractivity contribution is 0.222. The van der Waals surface area contributed by atoms with Crippen molar-refractivity contribution >= 4 is 0 Å². The molecule has 0 aromatic rings. The topological polar surface area (TPSA) is 0 Å². The van der Waals surface area contributed by atoms with E-state index in [1.54, 1.807) is 6.42 Å². The SMILES string of the molecule is CCCC1CC(C)C2CC3CC=CCC3C12. The van der Waals surface area contributed by atoms with Crippen LogP contribution in [0.3, 0.4) is 0 Å². The molecule has 0 heteroatoms. The Hall–Kier alpha value is -0.260. The van der Waals surface area contributed by atoms with Crippen LogP contribution in [-0.4, -0.2) is 0 Å². The summed E-state index contributed by atoms with van der Waals surface area (Å²) < 4.78 is 0. The Kier molecular flexibility index (Phi) is 2.85. The number of hydrogen-bond donors (Lipinski definition) is 0. The van der Waals surface area contributed by atoms with Crippen molar-refractivity contribution in [1.82, 2.24) is 0 Å². The minimum absolute atomic E-state index is 1.02. The van der Waals surface area contributed by atoms with Gasteiger partial charge in [-0.2, -0.15) is 0 Å². The monoisotopic (exact) mass is 218 g/mol. The maximum absolute atomic E-state index is 2.53. The highest BCUT2D eigenvalue weighted by Gasteiger charge is 2.51. The summed E-state index contributed by atoms with van der Waals surface area (Å²) in [4.78, 5) is 0. The van der Waals surface area contributed by atoms with Crippen molar-refractivity contribution in [3.05, 3.63) is 12.2 Å². The Morgan fingerprint density at radius 3 is 2.69 bits per heavy atom. The molecule has 0 aliphatic heterocycles. The maximum Gasteiger partial charge on any atom is -0.0314 e. The number of allylic oxidation sites excluding steroid dienone is 2. The molecule has 0 N–H and O–H groups in total. The summed E-state index contributed by atoms with van der Waals surface area (Å²) in [7, 11) is 0. The normalized spacial score (nSPS) is 50.4. The van der Waals surface area contributed by atoms with Crippen LogP contribution in [0.5, 0.6) is 0 Å². The molecular weight excluding hydrogens is 192 g/mol. The van der Waals surface area contributed by atoms with E-state index in [-0.39, 0.29) is 0 Å². The first-order valence-electron chi connectivity index (χ1n) is 7.46. The lowest BCUT2D eigenvalue weighted by Gasteiger charge is -2.29. The second-order valence-corrected chi connectivity index (χ2v) is 6.61. The van der Waals surface area contributed by atoms with Gasteiger partial charge < -0.3 is 0 Å². The van der Waals surface area contributed by atoms with Gasteiger partial charge in [0.2, 0.25) is 0 Å². The summed E-state index contributed by atoms with van der Waals surface area (Å²) in [5, 5.41) is 0. The third-order valence-corrected chi connectivity index (χ3v) is 5.79. The molecule has 3 rings (SSSR count). The van der Waals surface area contributed by atoms with Crippen LogP contribution in [-0.2, 0) is 0 Å². The lowest BCUT2D eigenvalue weighted by atomic mass is 9.76. The van der Waals surface area contributed by atoms with Crippen molar-refractivity contribution in [3.63, 3.8) is 0 Å². The van der Waals surface area contributed by atoms with E-state index in [0.717, 1.165) is 35.5 Å². The van der Waals surface area contributed by atoms with E-state index in [9.17, 15) is 0 Å². The van der Waals surface area contributed by atoms with Crippen molar-refractivity contribution in [2.24, 2.45) is 35.5 Å². The van der Waals surface area contributed by atoms with Crippen molar-refractivity contribution in [2.45, 2.75) is 52.4 Å². The fourth-order valence-electron chi connectivity index (χ4n) is 5.26. The Bertz CT molecular complexity index is 278. The van der Waals surface area contributed by atoms with Gasteiger partial charge in [0.1, 0.15) is 0 Å². The highest BCUT2D eigenvalue weighted by atomic mass is 14.6. The Morgan fingerprint density at radius 2 is 1.88 bits per heavy atom. The Morgan fingerprint density at radius 1 is 1.06 bits per heavy atom. The molecular formula is C16H26. The van der Waals surface area contributed by atoms with E-state index in [4.69, 9.17) is 0 Å². The van der Waals surface area contributed by atoms with Crippen LogP contribution in [0.2, 0.25) is 0 Å². The average Bonchev–Trinajstić information content (AvgIpc) is 2.79. The molecule has 90 valence electrons. The first-order valence-corrected chi connectivity index (χ1v) is 7.46. The molecule has 0 nitrogen and oxygen atoms in total. The molecule has 0 spiro atoms. The van der Waals surface area contributed by atoms with Crippen molar-refractivity contribution in [2.75, 3.05) is 0 Å². The van der Waals surface area contributed by atoms with Crippen LogP contribution >= 0.6 is 0 Å². The van der Waals surface area contributed by atoms with Gasteiger partial charge in [0, 0.05) is 0 Å². The van der Waals surface area contributed by atoms with Crippen LogP contribution in [0, 0.1) is 35.5 Å². The van der Waals surface area contributed by atoms with E-state index in [2.05, 4.69) is 26.0 Å². The summed E-state index contributed by atoms with van der Waals surface area (Å²) in [6.07, 6.45) is 13.7. The number of rotatable bonds is 2. The van der Waals surface area contributed by atoms with Gasteiger partial charge in [-0.3, -0.25) is 0 Å². The van der Waals surface area contributed by atoms with E-state index >= 15 is 0 Å². The predicted octanol–water partition coefficient (Wildman–Crippen LogP) is 4.66. The minimum atomic E-state index is 1.02. The van der Waals surface area contributed by atoms with Gasteiger partial charge in [-0.15, -0.1) is 0 Å². The van der Waals surface area contributed by atoms with E-state index in [1.807, 2.05) is 0 Å². The average molecular weight is 218 g/mol. The van der Waals surface area contributed by atoms with Crippen LogP contribution < -0.4 is 0 Å². The summed E-state index contributed by atoms with van der Waals surface area (Å²) in [5.41, 5.74) is 0. The molecule has 6 unspecified atom stereocenters. The molecule has 6 atom stereocenters. The zero-order valence-electron chi connectivity index (χ0n) is 10.9. The lowest BCUT2D eigenvalue weighted by Crippen LogP contribution is -2.22. The van der Waals surface area contributed by atoms with E-state index in [1.165, 1.54) is 32.1 Å². The largest absolute Gasteiger partial charge is 0.0882 e. The molecule has 3 aliphatic rings. The Labute approximate surface area is 101 Å². The predicted molar refractivity (Wildman–Crippen MR) is 69.1 cm³/mol. The van der Waals surface area contributed by atoms with Gasteiger partial charge in [0.15, 0.2) is 0 Å². The van der Waals surface area contributed by atoms with E-state index < -0.39 is 0 Å². The summed E-state index contributed by atoms with van der Waals surface area (Å²) in [6.45, 7) is 4.89. The quantitative estimate of drug-likeness (QED) is 0.591. The van der Waals surface area contributed by atoms with Crippen LogP contribution in [0.4, 0.5) is 0 Å². The number of fused-ring (bicyclic) bond motifs is 3. The van der Waals surface area contributed by atoms with Crippen LogP contribution in [0.25, 0.3) is 0 Å². The molecule has 16 heavy (non-hydrogen) atoms. The van der Waals surface area contributed by atoms with Crippen LogP contribution in [0.1, 0.15) is 52.4 Å². The van der Waals surface area contributed by atoms with Crippen molar-refractivity contribution in [1.29, 1.82) is 0 Å². The van der Waals surface area contributed by atoms with Gasteiger partial charge in [0.05, 0.1) is 0 Å². The first-order chi connectivity index (χ1) is 7.81. The van der Waals surface area contributed by atoms with Gasteiger partial charge in [-0.05, 0) is 61.2 Å². The molecule has 2 saturated carbocycles. The standard InChI is InChI=1S/C16H26/c1-3-6-13-9-11(2)15-10-12-7-4-5-8-14(12)16(13)15/h4-5,11-16H,3,6-10H2,1-2H3. The molecule has 0 amide bonds. The third kappa shape index (κ3) is 1.57. The highest BCUT2D eigenvalue weighted by molar-refractivity contribution is 5.07. The maximum atomic E-state index is 2.53. The van der Waals surface area contributed by atoms with Gasteiger partial charge in [-0.1, -0.05) is 38.8 Å². The molecule has 0 aromatic heterocycles. The summed E-state index contributed by atoms with van der Waals surface area (Å²) in [5.74, 6) is 6.41. The first kappa shape index (κ1) is 10.9. The van der Waals surface area contributed by atoms with Crippen molar-refractivity contribution in [3.8, 4) is 0 Å². The molecule has 0 aromatic carbocycles. The summed E-state index contributed by atoms with van der Waals surface area (Å²) >= 11 is 0. The third-order valence-electron chi connectivity index (χ3n) is 5.79. The zero-order valence-corrected chi connectivity index (χ0v) is 10.9. The van der Waals surface area contributed by atoms with Gasteiger partial charge >= 0.3 is 0 Å². The highest BCUT2D eigenvalue weighted by Crippen LogP contribution is 2.59. The van der Waals surface area contributed by atoms with Gasteiger partial charge in [0.25, 0.3) is 0 Å². The molecule has 0 heterocycles. The smallest absolute Gasteiger partial charge is 0.0314 e. The Balaban J connectivity index is 1.80. The molecule has 3 aliphatic carbocycles. The minimum Gasteiger partial charge on any atom is -0.0882 e. The van der Waals surface area contributed by atoms with E-state index in [0.29, 0.717) is 0 Å². The second kappa shape index (κ2) is 4.20. The van der Waals surface area contributed by atoms with Crippen LogP contribution in [0.15, 0.2) is 12.2 Å². The second-order valence-electron chi connectivity index (χ2n) is 6.61. The molecule has 0 bridgehead atoms. The fraction of sp³-hybridized carbons (Fsp3) is 0.875. The molecule has 0 saturated heterocycles. The molecule has 0 radical (unpaired) electrons. The summed E-state index contributed by atoms with van der Waals surface area (Å²) in [6, 6.07) is 0. The van der Waals surface area contributed by atoms with Gasteiger partial charge in [-0.25, -0.2) is 0 Å². The fourth-order valence-corrected chi connectivity index (χ4v) is 5.26. The molecule has 2 fully saturated rings. The van der Waals surface area contributed by atoms with Crippen molar-refractivity contribution < 1.29 is 0 Å². The zero-order chi connectivity index (χ0) is 11.1. The number of hydrogen-bond acceptors (Lipinski definition) is 0.